The second kappa shape index (κ2) is 7.06. The highest BCUT2D eigenvalue weighted by atomic mass is 32.1. The maximum absolute atomic E-state index is 12.2. The molecule has 2 aromatic heterocycles. The largest absolute Gasteiger partial charge is 0.316 e. The number of carbonyl (C=O) groups excluding carboxylic acids is 1. The molecule has 0 saturated heterocycles. The summed E-state index contributed by atoms with van der Waals surface area (Å²) in [5, 5.41) is 1.99. The molecule has 3 aromatic rings. The van der Waals surface area contributed by atoms with Crippen LogP contribution in [-0.4, -0.2) is 10.5 Å². The molecular formula is C18H18N2OS2. The minimum Gasteiger partial charge on any atom is -0.316 e. The molecule has 0 saturated carbocycles. The van der Waals surface area contributed by atoms with Gasteiger partial charge in [0.1, 0.15) is 0 Å². The van der Waals surface area contributed by atoms with Gasteiger partial charge in [0.15, 0.2) is 4.80 Å². The number of fused-ring (bicyclic) bond motifs is 1. The van der Waals surface area contributed by atoms with Crippen molar-refractivity contribution in [1.82, 2.24) is 4.57 Å². The number of aryl methyl sites for hydroxylation is 2. The number of amides is 1. The van der Waals surface area contributed by atoms with Crippen molar-refractivity contribution in [3.8, 4) is 0 Å². The number of hydrogen-bond donors (Lipinski definition) is 0. The summed E-state index contributed by atoms with van der Waals surface area (Å²) in [7, 11) is 0. The van der Waals surface area contributed by atoms with Gasteiger partial charge in [0.05, 0.1) is 10.2 Å². The third kappa shape index (κ3) is 3.35. The number of aromatic nitrogens is 1. The maximum atomic E-state index is 12.2. The van der Waals surface area contributed by atoms with Crippen LogP contribution in [-0.2, 0) is 17.8 Å². The lowest BCUT2D eigenvalue weighted by molar-refractivity contribution is -0.113. The van der Waals surface area contributed by atoms with Crippen molar-refractivity contribution in [2.75, 3.05) is 0 Å². The number of thiophene rings is 1. The van der Waals surface area contributed by atoms with Crippen LogP contribution in [0.5, 0.6) is 0 Å². The molecular weight excluding hydrogens is 324 g/mol. The smallest absolute Gasteiger partial charge is 0.272 e. The highest BCUT2D eigenvalue weighted by Crippen LogP contribution is 2.22. The molecule has 0 aliphatic heterocycles. The molecule has 3 rings (SSSR count). The fourth-order valence-electron chi connectivity index (χ4n) is 2.54. The lowest BCUT2D eigenvalue weighted by atomic mass is 10.1. The van der Waals surface area contributed by atoms with Gasteiger partial charge in [-0.15, -0.1) is 11.3 Å². The summed E-state index contributed by atoms with van der Waals surface area (Å²) in [6, 6.07) is 10.3. The average Bonchev–Trinajstić information content (AvgIpc) is 3.19. The predicted molar refractivity (Wildman–Crippen MR) is 98.8 cm³/mol. The summed E-state index contributed by atoms with van der Waals surface area (Å²) in [6.45, 7) is 5.04. The molecule has 1 amide bonds. The van der Waals surface area contributed by atoms with Crippen LogP contribution in [0.3, 0.4) is 0 Å². The van der Waals surface area contributed by atoms with Gasteiger partial charge in [-0.2, -0.15) is 4.99 Å². The standard InChI is InChI=1S/C18H18N2OS2/c1-3-13-7-5-9-15-17(13)20(4-2)18(23-15)19-16(21)11-10-14-8-6-12-22-14/h5-12H,3-4H2,1-2H3. The molecule has 0 fully saturated rings. The number of nitrogens with zero attached hydrogens (tertiary/aromatic N) is 2. The monoisotopic (exact) mass is 342 g/mol. The lowest BCUT2D eigenvalue weighted by Crippen LogP contribution is -2.15. The van der Waals surface area contributed by atoms with Crippen LogP contribution < -0.4 is 4.80 Å². The molecule has 0 spiro atoms. The summed E-state index contributed by atoms with van der Waals surface area (Å²) in [4.78, 5) is 18.3. The van der Waals surface area contributed by atoms with E-state index in [2.05, 4.69) is 41.6 Å². The number of benzene rings is 1. The van der Waals surface area contributed by atoms with Crippen molar-refractivity contribution in [2.45, 2.75) is 26.8 Å². The molecule has 0 aliphatic carbocycles. The molecule has 0 unspecified atom stereocenters. The van der Waals surface area contributed by atoms with Gasteiger partial charge in [0, 0.05) is 17.5 Å². The fourth-order valence-corrected chi connectivity index (χ4v) is 4.30. The van der Waals surface area contributed by atoms with E-state index in [9.17, 15) is 4.79 Å². The first-order valence-electron chi connectivity index (χ1n) is 7.64. The molecule has 0 bridgehead atoms. The average molecular weight is 342 g/mol. The van der Waals surface area contributed by atoms with E-state index in [1.54, 1.807) is 22.7 Å². The first-order valence-corrected chi connectivity index (χ1v) is 9.34. The fraction of sp³-hybridized carbons (Fsp3) is 0.222. The number of carbonyl (C=O) groups is 1. The molecule has 0 aliphatic rings. The van der Waals surface area contributed by atoms with Crippen molar-refractivity contribution >= 4 is 44.9 Å². The summed E-state index contributed by atoms with van der Waals surface area (Å²) >= 11 is 3.18. The van der Waals surface area contributed by atoms with Crippen molar-refractivity contribution in [3.63, 3.8) is 0 Å². The Bertz CT molecular complexity index is 914. The summed E-state index contributed by atoms with van der Waals surface area (Å²) < 4.78 is 3.32. The Morgan fingerprint density at radius 3 is 2.83 bits per heavy atom. The van der Waals surface area contributed by atoms with Crippen molar-refractivity contribution in [1.29, 1.82) is 0 Å². The first-order chi connectivity index (χ1) is 11.2. The van der Waals surface area contributed by atoms with Crippen LogP contribution in [0.15, 0.2) is 46.8 Å². The summed E-state index contributed by atoms with van der Waals surface area (Å²) in [6.07, 6.45) is 4.33. The van der Waals surface area contributed by atoms with Crippen LogP contribution in [0.1, 0.15) is 24.3 Å². The summed E-state index contributed by atoms with van der Waals surface area (Å²) in [5.74, 6) is -0.217. The molecule has 1 aromatic carbocycles. The van der Waals surface area contributed by atoms with Gasteiger partial charge in [-0.1, -0.05) is 36.5 Å². The Labute approximate surface area is 143 Å². The number of rotatable bonds is 4. The van der Waals surface area contributed by atoms with Gasteiger partial charge in [0.25, 0.3) is 5.91 Å². The molecule has 0 atom stereocenters. The van der Waals surface area contributed by atoms with E-state index in [0.29, 0.717) is 0 Å². The zero-order valence-electron chi connectivity index (χ0n) is 13.2. The zero-order valence-corrected chi connectivity index (χ0v) is 14.8. The van der Waals surface area contributed by atoms with E-state index in [1.807, 2.05) is 23.6 Å². The molecule has 5 heteroatoms. The minimum absolute atomic E-state index is 0.217. The highest BCUT2D eigenvalue weighted by molar-refractivity contribution is 7.16. The third-order valence-electron chi connectivity index (χ3n) is 3.62. The second-order valence-electron chi connectivity index (χ2n) is 5.05. The number of thiazole rings is 1. The van der Waals surface area contributed by atoms with Crippen LogP contribution >= 0.6 is 22.7 Å². The van der Waals surface area contributed by atoms with Gasteiger partial charge in [0.2, 0.25) is 0 Å². The summed E-state index contributed by atoms with van der Waals surface area (Å²) in [5.41, 5.74) is 2.50. The quantitative estimate of drug-likeness (QED) is 0.643. The molecule has 0 N–H and O–H groups in total. The topological polar surface area (TPSA) is 34.4 Å². The van der Waals surface area contributed by atoms with Gasteiger partial charge in [-0.05, 0) is 42.5 Å². The van der Waals surface area contributed by atoms with Crippen molar-refractivity contribution in [2.24, 2.45) is 4.99 Å². The third-order valence-corrected chi connectivity index (χ3v) is 5.50. The van der Waals surface area contributed by atoms with Crippen molar-refractivity contribution in [3.05, 3.63) is 57.0 Å². The Hall–Kier alpha value is -1.98. The normalized spacial score (nSPS) is 12.5. The molecule has 0 radical (unpaired) electrons. The molecule has 118 valence electrons. The van der Waals surface area contributed by atoms with E-state index < -0.39 is 0 Å². The van der Waals surface area contributed by atoms with Crippen LogP contribution in [0.25, 0.3) is 16.3 Å². The van der Waals surface area contributed by atoms with Gasteiger partial charge in [-0.25, -0.2) is 0 Å². The zero-order chi connectivity index (χ0) is 16.2. The predicted octanol–water partition coefficient (Wildman–Crippen LogP) is 4.49. The van der Waals surface area contributed by atoms with Crippen LogP contribution in [0, 0.1) is 0 Å². The Kier molecular flexibility index (Phi) is 4.88. The van der Waals surface area contributed by atoms with Gasteiger partial charge >= 0.3 is 0 Å². The van der Waals surface area contributed by atoms with Gasteiger partial charge in [-0.3, -0.25) is 4.79 Å². The highest BCUT2D eigenvalue weighted by Gasteiger charge is 2.09. The van der Waals surface area contributed by atoms with E-state index >= 15 is 0 Å². The number of hydrogen-bond acceptors (Lipinski definition) is 3. The van der Waals surface area contributed by atoms with E-state index in [0.717, 1.165) is 22.6 Å². The van der Waals surface area contributed by atoms with Crippen LogP contribution in [0.4, 0.5) is 0 Å². The van der Waals surface area contributed by atoms with E-state index in [4.69, 9.17) is 0 Å². The van der Waals surface area contributed by atoms with Gasteiger partial charge < -0.3 is 4.57 Å². The molecule has 2 heterocycles. The van der Waals surface area contributed by atoms with E-state index in [-0.39, 0.29) is 5.91 Å². The Morgan fingerprint density at radius 2 is 2.13 bits per heavy atom. The maximum Gasteiger partial charge on any atom is 0.272 e. The first kappa shape index (κ1) is 15.9. The van der Waals surface area contributed by atoms with Crippen molar-refractivity contribution < 1.29 is 4.79 Å². The molecule has 23 heavy (non-hydrogen) atoms. The second-order valence-corrected chi connectivity index (χ2v) is 7.03. The Balaban J connectivity index is 2.03. The lowest BCUT2D eigenvalue weighted by Gasteiger charge is -2.04. The Morgan fingerprint density at radius 1 is 1.26 bits per heavy atom. The number of para-hydroxylation sites is 1. The molecule has 3 nitrogen and oxygen atoms in total. The SMILES string of the molecule is CCc1cccc2sc(=NC(=O)C=Cc3cccs3)n(CC)c12. The minimum atomic E-state index is -0.217. The van der Waals surface area contributed by atoms with Crippen LogP contribution in [0.2, 0.25) is 0 Å². The van der Waals surface area contributed by atoms with E-state index in [1.165, 1.54) is 21.9 Å².